The van der Waals surface area contributed by atoms with Gasteiger partial charge in [-0.3, -0.25) is 0 Å². The third-order valence-corrected chi connectivity index (χ3v) is 2.25. The topological polar surface area (TPSA) is 31.2 Å². The first-order chi connectivity index (χ1) is 6.68. The normalized spacial score (nSPS) is 11.4. The van der Waals surface area contributed by atoms with Gasteiger partial charge in [-0.05, 0) is 25.7 Å². The summed E-state index contributed by atoms with van der Waals surface area (Å²) in [6.07, 6.45) is 1.66. The van der Waals surface area contributed by atoms with E-state index in [1.807, 2.05) is 38.4 Å². The number of hydrogen-bond donors (Lipinski definition) is 0. The van der Waals surface area contributed by atoms with Gasteiger partial charge in [0.05, 0.1) is 0 Å². The summed E-state index contributed by atoms with van der Waals surface area (Å²) in [6.45, 7) is 0.801. The summed E-state index contributed by atoms with van der Waals surface area (Å²) in [6, 6.07) is 7.68. The van der Waals surface area contributed by atoms with Crippen LogP contribution in [0.3, 0.4) is 0 Å². The van der Waals surface area contributed by atoms with Crippen LogP contribution >= 0.6 is 0 Å². The first kappa shape index (κ1) is 9.09. The summed E-state index contributed by atoms with van der Waals surface area (Å²) in [5, 5.41) is 12.5. The number of rotatable bonds is 2. The fourth-order valence-electron chi connectivity index (χ4n) is 1.68. The molecular formula is C11H13N2O-. The average Bonchev–Trinajstić information content (AvgIpc) is 2.44. The van der Waals surface area contributed by atoms with E-state index in [-0.39, 0.29) is 0 Å². The molecule has 0 unspecified atom stereocenters. The quantitative estimate of drug-likeness (QED) is 0.724. The van der Waals surface area contributed by atoms with Gasteiger partial charge in [-0.1, -0.05) is 18.2 Å². The second kappa shape index (κ2) is 3.35. The van der Waals surface area contributed by atoms with Crippen LogP contribution in [-0.2, 0) is 6.54 Å². The van der Waals surface area contributed by atoms with E-state index in [0.717, 1.165) is 27.7 Å². The summed E-state index contributed by atoms with van der Waals surface area (Å²) in [5.41, 5.74) is 1.84. The van der Waals surface area contributed by atoms with Gasteiger partial charge in [-0.25, -0.2) is 0 Å². The number of aromatic nitrogens is 1. The van der Waals surface area contributed by atoms with Gasteiger partial charge < -0.3 is 14.8 Å². The zero-order valence-electron chi connectivity index (χ0n) is 8.40. The monoisotopic (exact) mass is 189 g/mol. The van der Waals surface area contributed by atoms with Crippen molar-refractivity contribution in [2.75, 3.05) is 14.1 Å². The molecule has 3 heteroatoms. The van der Waals surface area contributed by atoms with Crippen LogP contribution < -0.4 is 0 Å². The molecule has 0 radical (unpaired) electrons. The standard InChI is InChI=1S/C11H13N2O/c1-12(2)7-9-8-13(14)11-6-4-3-5-10(9)11/h3-6,8H,7H2,1-2H3/q-1. The number of benzene rings is 1. The Labute approximate surface area is 83.1 Å². The molecule has 1 aromatic carbocycles. The van der Waals surface area contributed by atoms with Crippen molar-refractivity contribution in [2.45, 2.75) is 6.54 Å². The maximum atomic E-state index is 11.5. The first-order valence-electron chi connectivity index (χ1n) is 4.59. The molecule has 0 aliphatic carbocycles. The van der Waals surface area contributed by atoms with Crippen LogP contribution in [0.2, 0.25) is 0 Å². The van der Waals surface area contributed by atoms with Crippen molar-refractivity contribution in [2.24, 2.45) is 0 Å². The summed E-state index contributed by atoms with van der Waals surface area (Å²) >= 11 is 0. The Hall–Kier alpha value is -1.48. The van der Waals surface area contributed by atoms with Crippen LogP contribution in [0.15, 0.2) is 30.5 Å². The molecule has 0 spiro atoms. The van der Waals surface area contributed by atoms with Gasteiger partial charge in [0, 0.05) is 23.6 Å². The zero-order chi connectivity index (χ0) is 10.1. The largest absolute Gasteiger partial charge is 0.806 e. The molecule has 0 saturated heterocycles. The Morgan fingerprint density at radius 2 is 2.00 bits per heavy atom. The Bertz CT molecular complexity index is 445. The van der Waals surface area contributed by atoms with Crippen molar-refractivity contribution in [1.29, 1.82) is 0 Å². The third kappa shape index (κ3) is 1.46. The van der Waals surface area contributed by atoms with E-state index in [9.17, 15) is 5.21 Å². The van der Waals surface area contributed by atoms with Crippen LogP contribution in [-0.4, -0.2) is 23.7 Å². The van der Waals surface area contributed by atoms with Crippen LogP contribution in [0.1, 0.15) is 5.56 Å². The van der Waals surface area contributed by atoms with E-state index in [4.69, 9.17) is 0 Å². The molecule has 0 amide bonds. The molecule has 1 heterocycles. The highest BCUT2D eigenvalue weighted by Gasteiger charge is 2.04. The lowest BCUT2D eigenvalue weighted by molar-refractivity contribution is 0.404. The highest BCUT2D eigenvalue weighted by Crippen LogP contribution is 2.21. The number of para-hydroxylation sites is 1. The summed E-state index contributed by atoms with van der Waals surface area (Å²) < 4.78 is 0.939. The van der Waals surface area contributed by atoms with Gasteiger partial charge in [0.2, 0.25) is 0 Å². The third-order valence-electron chi connectivity index (χ3n) is 2.25. The average molecular weight is 189 g/mol. The Balaban J connectivity index is 2.55. The number of nitrogens with zero attached hydrogens (tertiary/aromatic N) is 2. The van der Waals surface area contributed by atoms with Crippen molar-refractivity contribution in [3.8, 4) is 0 Å². The SMILES string of the molecule is CN(C)Cc1cn([O-])c2ccccc12. The second-order valence-electron chi connectivity index (χ2n) is 3.74. The first-order valence-corrected chi connectivity index (χ1v) is 4.59. The molecule has 0 N–H and O–H groups in total. The predicted molar refractivity (Wildman–Crippen MR) is 58.1 cm³/mol. The maximum absolute atomic E-state index is 11.5. The van der Waals surface area contributed by atoms with Crippen LogP contribution in [0, 0.1) is 5.21 Å². The maximum Gasteiger partial charge on any atom is 0.0436 e. The van der Waals surface area contributed by atoms with Crippen molar-refractivity contribution < 1.29 is 0 Å². The van der Waals surface area contributed by atoms with Gasteiger partial charge in [0.1, 0.15) is 0 Å². The highest BCUT2D eigenvalue weighted by atomic mass is 16.5. The van der Waals surface area contributed by atoms with E-state index in [2.05, 4.69) is 4.90 Å². The van der Waals surface area contributed by atoms with Crippen LogP contribution in [0.4, 0.5) is 0 Å². The molecule has 0 aliphatic heterocycles. The van der Waals surface area contributed by atoms with Gasteiger partial charge >= 0.3 is 0 Å². The minimum absolute atomic E-state index is 0.754. The van der Waals surface area contributed by atoms with E-state index in [0.29, 0.717) is 0 Å². The molecular weight excluding hydrogens is 176 g/mol. The van der Waals surface area contributed by atoms with Crippen molar-refractivity contribution in [1.82, 2.24) is 9.63 Å². The van der Waals surface area contributed by atoms with Crippen molar-refractivity contribution >= 4 is 10.9 Å². The lowest BCUT2D eigenvalue weighted by Crippen LogP contribution is -2.10. The molecule has 0 fully saturated rings. The fraction of sp³-hybridized carbons (Fsp3) is 0.273. The number of hydrogen-bond acceptors (Lipinski definition) is 2. The predicted octanol–water partition coefficient (Wildman–Crippen LogP) is 2.05. The molecule has 14 heavy (non-hydrogen) atoms. The number of fused-ring (bicyclic) bond motifs is 1. The van der Waals surface area contributed by atoms with Crippen molar-refractivity contribution in [3.05, 3.63) is 41.2 Å². The molecule has 0 atom stereocenters. The highest BCUT2D eigenvalue weighted by molar-refractivity contribution is 5.84. The van der Waals surface area contributed by atoms with Gasteiger partial charge in [-0.15, -0.1) is 0 Å². The van der Waals surface area contributed by atoms with E-state index in [1.54, 1.807) is 6.20 Å². The molecule has 74 valence electrons. The summed E-state index contributed by atoms with van der Waals surface area (Å²) in [4.78, 5) is 2.06. The molecule has 2 aromatic rings. The van der Waals surface area contributed by atoms with Crippen LogP contribution in [0.25, 0.3) is 10.9 Å². The minimum atomic E-state index is 0.754. The van der Waals surface area contributed by atoms with Gasteiger partial charge in [-0.2, -0.15) is 0 Å². The molecule has 2 rings (SSSR count). The lowest BCUT2D eigenvalue weighted by atomic mass is 10.2. The van der Waals surface area contributed by atoms with Crippen molar-refractivity contribution in [3.63, 3.8) is 0 Å². The molecule has 1 aromatic heterocycles. The minimum Gasteiger partial charge on any atom is -0.806 e. The Kier molecular flexibility index (Phi) is 2.17. The second-order valence-corrected chi connectivity index (χ2v) is 3.74. The summed E-state index contributed by atoms with van der Waals surface area (Å²) in [5.74, 6) is 0. The molecule has 0 aliphatic rings. The van der Waals surface area contributed by atoms with E-state index in [1.165, 1.54) is 0 Å². The van der Waals surface area contributed by atoms with E-state index < -0.39 is 0 Å². The van der Waals surface area contributed by atoms with Gasteiger partial charge in [0.15, 0.2) is 0 Å². The molecule has 0 saturated carbocycles. The Morgan fingerprint density at radius 3 is 2.71 bits per heavy atom. The fourth-order valence-corrected chi connectivity index (χ4v) is 1.68. The van der Waals surface area contributed by atoms with E-state index >= 15 is 0 Å². The smallest absolute Gasteiger partial charge is 0.0436 e. The van der Waals surface area contributed by atoms with Crippen LogP contribution in [0.5, 0.6) is 0 Å². The lowest BCUT2D eigenvalue weighted by Gasteiger charge is -2.08. The zero-order valence-corrected chi connectivity index (χ0v) is 8.40. The summed E-state index contributed by atoms with van der Waals surface area (Å²) in [7, 11) is 3.99. The molecule has 3 nitrogen and oxygen atoms in total. The molecule has 0 bridgehead atoms. The van der Waals surface area contributed by atoms with Gasteiger partial charge in [0.25, 0.3) is 0 Å². The Morgan fingerprint density at radius 1 is 1.29 bits per heavy atom.